The molecule has 0 atom stereocenters. The van der Waals surface area contributed by atoms with Crippen LogP contribution in [0.4, 0.5) is 0 Å². The quantitative estimate of drug-likeness (QED) is 0.210. The fourth-order valence-electron chi connectivity index (χ4n) is 2.47. The van der Waals surface area contributed by atoms with Gasteiger partial charge in [0.15, 0.2) is 5.78 Å². The fraction of sp³-hybridized carbons (Fsp3) is 0.833. The van der Waals surface area contributed by atoms with E-state index in [0.29, 0.717) is 0 Å². The van der Waals surface area contributed by atoms with Gasteiger partial charge >= 0.3 is 7.60 Å². The maximum absolute atomic E-state index is 12.3. The van der Waals surface area contributed by atoms with Crippen molar-refractivity contribution in [1.29, 1.82) is 0 Å². The van der Waals surface area contributed by atoms with Crippen LogP contribution >= 0.6 is 7.60 Å². The molecule has 0 unspecified atom stereocenters. The summed E-state index contributed by atoms with van der Waals surface area (Å²) in [5.74, 6) is -0.171. The second-order valence-electron chi connectivity index (χ2n) is 5.93. The molecule has 23 heavy (non-hydrogen) atoms. The van der Waals surface area contributed by atoms with Crippen LogP contribution in [0.1, 0.15) is 79.1 Å². The topological polar surface area (TPSA) is 52.6 Å². The first-order chi connectivity index (χ1) is 11.0. The van der Waals surface area contributed by atoms with E-state index >= 15 is 0 Å². The summed E-state index contributed by atoms with van der Waals surface area (Å²) in [5, 5.41) is 0. The SMILES string of the molecule is CCCCCCCCC/C(C)=C/C(=O)CP(=O)(OCC)OCC. The van der Waals surface area contributed by atoms with Crippen LogP contribution in [0, 0.1) is 0 Å². The molecule has 0 amide bonds. The van der Waals surface area contributed by atoms with Gasteiger partial charge < -0.3 is 9.05 Å². The molecule has 0 aromatic carbocycles. The minimum atomic E-state index is -3.27. The molecule has 0 spiro atoms. The summed E-state index contributed by atoms with van der Waals surface area (Å²) in [5.41, 5.74) is 1.04. The molecule has 0 rings (SSSR count). The molecule has 0 aromatic rings. The Morgan fingerprint density at radius 3 is 1.96 bits per heavy atom. The zero-order chi connectivity index (χ0) is 17.6. The van der Waals surface area contributed by atoms with Crippen molar-refractivity contribution >= 4 is 13.4 Å². The minimum absolute atomic E-state index is 0.164. The summed E-state index contributed by atoms with van der Waals surface area (Å²) in [4.78, 5) is 12.0. The highest BCUT2D eigenvalue weighted by Gasteiger charge is 2.26. The minimum Gasteiger partial charge on any atom is -0.309 e. The van der Waals surface area contributed by atoms with Crippen LogP contribution in [-0.4, -0.2) is 25.2 Å². The molecule has 0 aliphatic heterocycles. The molecule has 0 aromatic heterocycles. The summed E-state index contributed by atoms with van der Waals surface area (Å²) in [7, 11) is -3.27. The summed E-state index contributed by atoms with van der Waals surface area (Å²) in [6, 6.07) is 0. The first-order valence-electron chi connectivity index (χ1n) is 9.05. The Balaban J connectivity index is 4.09. The molecule has 0 saturated carbocycles. The normalized spacial score (nSPS) is 12.6. The highest BCUT2D eigenvalue weighted by atomic mass is 31.2. The number of unbranched alkanes of at least 4 members (excludes halogenated alkanes) is 6. The van der Waals surface area contributed by atoms with Gasteiger partial charge in [-0.15, -0.1) is 0 Å². The number of hydrogen-bond acceptors (Lipinski definition) is 4. The van der Waals surface area contributed by atoms with E-state index in [1.807, 2.05) is 6.92 Å². The van der Waals surface area contributed by atoms with Crippen molar-refractivity contribution in [3.8, 4) is 0 Å². The van der Waals surface area contributed by atoms with Gasteiger partial charge in [-0.05, 0) is 39.7 Å². The average Bonchev–Trinajstić information content (AvgIpc) is 2.46. The van der Waals surface area contributed by atoms with Crippen molar-refractivity contribution in [2.75, 3.05) is 19.4 Å². The number of rotatable bonds is 15. The van der Waals surface area contributed by atoms with Gasteiger partial charge in [-0.2, -0.15) is 0 Å². The molecule has 0 N–H and O–H groups in total. The van der Waals surface area contributed by atoms with E-state index in [1.165, 1.54) is 38.5 Å². The Morgan fingerprint density at radius 2 is 1.43 bits per heavy atom. The van der Waals surface area contributed by atoms with Crippen molar-refractivity contribution < 1.29 is 18.4 Å². The van der Waals surface area contributed by atoms with E-state index in [2.05, 4.69) is 6.92 Å². The van der Waals surface area contributed by atoms with Crippen LogP contribution in [0.2, 0.25) is 0 Å². The van der Waals surface area contributed by atoms with E-state index in [4.69, 9.17) is 9.05 Å². The van der Waals surface area contributed by atoms with Crippen LogP contribution in [0.25, 0.3) is 0 Å². The van der Waals surface area contributed by atoms with Gasteiger partial charge in [0, 0.05) is 0 Å². The molecule has 0 saturated heterocycles. The van der Waals surface area contributed by atoms with Gasteiger partial charge in [0.2, 0.25) is 0 Å². The third-order valence-electron chi connectivity index (χ3n) is 3.58. The fourth-order valence-corrected chi connectivity index (χ4v) is 3.98. The summed E-state index contributed by atoms with van der Waals surface area (Å²) in [6.45, 7) is 8.24. The number of allylic oxidation sites excluding steroid dienone is 2. The van der Waals surface area contributed by atoms with Gasteiger partial charge in [0.1, 0.15) is 6.16 Å². The Bertz CT molecular complexity index is 380. The van der Waals surface area contributed by atoms with Gasteiger partial charge in [-0.25, -0.2) is 0 Å². The number of ketones is 1. The van der Waals surface area contributed by atoms with E-state index in [0.717, 1.165) is 18.4 Å². The smallest absolute Gasteiger partial charge is 0.309 e. The van der Waals surface area contributed by atoms with Crippen LogP contribution in [0.15, 0.2) is 11.6 Å². The summed E-state index contributed by atoms with van der Waals surface area (Å²) in [6.07, 6.45) is 11.2. The van der Waals surface area contributed by atoms with E-state index in [-0.39, 0.29) is 25.2 Å². The molecule has 0 fully saturated rings. The molecule has 136 valence electrons. The predicted molar refractivity (Wildman–Crippen MR) is 97.1 cm³/mol. The molecule has 0 heterocycles. The number of carbonyl (C=O) groups is 1. The molecular weight excluding hydrogens is 311 g/mol. The van der Waals surface area contributed by atoms with Crippen LogP contribution < -0.4 is 0 Å². The monoisotopic (exact) mass is 346 g/mol. The Kier molecular flexibility index (Phi) is 13.7. The number of carbonyl (C=O) groups excluding carboxylic acids is 1. The van der Waals surface area contributed by atoms with Crippen LogP contribution in [0.3, 0.4) is 0 Å². The van der Waals surface area contributed by atoms with Crippen molar-refractivity contribution in [1.82, 2.24) is 0 Å². The van der Waals surface area contributed by atoms with Gasteiger partial charge in [0.25, 0.3) is 0 Å². The molecular formula is C18H35O4P. The van der Waals surface area contributed by atoms with E-state index in [1.54, 1.807) is 19.9 Å². The zero-order valence-corrected chi connectivity index (χ0v) is 16.3. The second-order valence-corrected chi connectivity index (χ2v) is 7.99. The van der Waals surface area contributed by atoms with Crippen LogP contribution in [-0.2, 0) is 18.4 Å². The Hall–Kier alpha value is -0.440. The average molecular weight is 346 g/mol. The van der Waals surface area contributed by atoms with E-state index in [9.17, 15) is 9.36 Å². The van der Waals surface area contributed by atoms with Gasteiger partial charge in [-0.3, -0.25) is 9.36 Å². The molecule has 0 radical (unpaired) electrons. The van der Waals surface area contributed by atoms with Gasteiger partial charge in [-0.1, -0.05) is 51.0 Å². The zero-order valence-electron chi connectivity index (χ0n) is 15.4. The van der Waals surface area contributed by atoms with Gasteiger partial charge in [0.05, 0.1) is 13.2 Å². The van der Waals surface area contributed by atoms with Crippen molar-refractivity contribution in [2.45, 2.75) is 79.1 Å². The Labute approximate surface area is 142 Å². The third-order valence-corrected chi connectivity index (χ3v) is 5.59. The van der Waals surface area contributed by atoms with Crippen LogP contribution in [0.5, 0.6) is 0 Å². The first kappa shape index (κ1) is 22.6. The first-order valence-corrected chi connectivity index (χ1v) is 10.8. The highest BCUT2D eigenvalue weighted by Crippen LogP contribution is 2.47. The Morgan fingerprint density at radius 1 is 0.913 bits per heavy atom. The summed E-state index contributed by atoms with van der Waals surface area (Å²) < 4.78 is 22.6. The molecule has 0 aliphatic carbocycles. The molecule has 0 aliphatic rings. The highest BCUT2D eigenvalue weighted by molar-refractivity contribution is 7.54. The molecule has 5 heteroatoms. The molecule has 4 nitrogen and oxygen atoms in total. The lowest BCUT2D eigenvalue weighted by atomic mass is 10.0. The van der Waals surface area contributed by atoms with E-state index < -0.39 is 7.60 Å². The van der Waals surface area contributed by atoms with Crippen molar-refractivity contribution in [2.24, 2.45) is 0 Å². The van der Waals surface area contributed by atoms with Crippen molar-refractivity contribution in [3.05, 3.63) is 11.6 Å². The summed E-state index contributed by atoms with van der Waals surface area (Å²) >= 11 is 0. The predicted octanol–water partition coefficient (Wildman–Crippen LogP) is 5.91. The lowest BCUT2D eigenvalue weighted by molar-refractivity contribution is -0.112. The lowest BCUT2D eigenvalue weighted by Crippen LogP contribution is -2.08. The largest absolute Gasteiger partial charge is 0.338 e. The maximum Gasteiger partial charge on any atom is 0.338 e. The standard InChI is InChI=1S/C18H35O4P/c1-5-8-9-10-11-12-13-14-17(4)15-18(19)16-23(20,21-6-2)22-7-3/h15H,5-14,16H2,1-4H3/b17-15+. The number of hydrogen-bond donors (Lipinski definition) is 0. The molecule has 0 bridgehead atoms. The maximum atomic E-state index is 12.3. The lowest BCUT2D eigenvalue weighted by Gasteiger charge is -2.15. The van der Waals surface area contributed by atoms with Crippen molar-refractivity contribution in [3.63, 3.8) is 0 Å². The second kappa shape index (κ2) is 13.9. The third kappa shape index (κ3) is 12.6.